The van der Waals surface area contributed by atoms with E-state index in [4.69, 9.17) is 9.47 Å². The normalized spacial score (nSPS) is 32.1. The number of ether oxygens (including phenoxy) is 2. The first-order chi connectivity index (χ1) is 14.6. The van der Waals surface area contributed by atoms with E-state index >= 15 is 0 Å². The predicted octanol–water partition coefficient (Wildman–Crippen LogP) is 6.17. The lowest BCUT2D eigenvalue weighted by molar-refractivity contribution is -0.0600. The van der Waals surface area contributed by atoms with Crippen LogP contribution in [0.25, 0.3) is 0 Å². The topological polar surface area (TPSA) is 35.5 Å². The third-order valence-electron chi connectivity index (χ3n) is 8.20. The second kappa shape index (κ2) is 7.85. The lowest BCUT2D eigenvalue weighted by Gasteiger charge is -2.50. The van der Waals surface area contributed by atoms with Gasteiger partial charge in [-0.05, 0) is 104 Å². The number of hydrogen-bond donors (Lipinski definition) is 0. The SMILES string of the molecule is CCO[C@H]1CC[C@H]2[C@@H]3CCc4cc(OC(=O)c5ccccc5)ccc4[C@H]3CC[C@]12C. The van der Waals surface area contributed by atoms with E-state index < -0.39 is 0 Å². The van der Waals surface area contributed by atoms with Crippen molar-refractivity contribution in [1.82, 2.24) is 0 Å². The van der Waals surface area contributed by atoms with Crippen molar-refractivity contribution in [2.45, 2.75) is 64.4 Å². The maximum absolute atomic E-state index is 12.4. The molecule has 2 saturated carbocycles. The summed E-state index contributed by atoms with van der Waals surface area (Å²) < 4.78 is 11.8. The molecule has 0 aromatic heterocycles. The Hall–Kier alpha value is -2.13. The van der Waals surface area contributed by atoms with Gasteiger partial charge in [0, 0.05) is 6.61 Å². The van der Waals surface area contributed by atoms with Gasteiger partial charge in [-0.1, -0.05) is 31.2 Å². The summed E-state index contributed by atoms with van der Waals surface area (Å²) in [6.45, 7) is 5.44. The molecule has 0 unspecified atom stereocenters. The largest absolute Gasteiger partial charge is 0.423 e. The van der Waals surface area contributed by atoms with Crippen LogP contribution in [-0.4, -0.2) is 18.7 Å². The number of aryl methyl sites for hydroxylation is 1. The van der Waals surface area contributed by atoms with Crippen molar-refractivity contribution in [3.8, 4) is 5.75 Å². The standard InChI is InChI=1S/C27H32O3/c1-3-29-25-14-13-24-23-11-9-19-17-20(30-26(28)18-7-5-4-6-8-18)10-12-21(19)22(23)15-16-27(24,25)2/h4-8,10,12,17,22-25H,3,9,11,13-16H2,1-2H3/t22-,23-,24+,25+,27+/m1/s1. The van der Waals surface area contributed by atoms with E-state index in [0.29, 0.717) is 28.7 Å². The number of hydrogen-bond acceptors (Lipinski definition) is 3. The highest BCUT2D eigenvalue weighted by atomic mass is 16.5. The first-order valence-electron chi connectivity index (χ1n) is 11.6. The zero-order chi connectivity index (χ0) is 20.7. The summed E-state index contributed by atoms with van der Waals surface area (Å²) in [5.74, 6) is 2.56. The number of rotatable bonds is 4. The Kier molecular flexibility index (Phi) is 5.18. The summed E-state index contributed by atoms with van der Waals surface area (Å²) in [5, 5.41) is 0. The van der Waals surface area contributed by atoms with E-state index in [9.17, 15) is 4.79 Å². The van der Waals surface area contributed by atoms with Crippen molar-refractivity contribution >= 4 is 5.97 Å². The van der Waals surface area contributed by atoms with Gasteiger partial charge in [-0.3, -0.25) is 0 Å². The van der Waals surface area contributed by atoms with E-state index in [1.54, 1.807) is 12.1 Å². The summed E-state index contributed by atoms with van der Waals surface area (Å²) in [5.41, 5.74) is 3.80. The third-order valence-corrected chi connectivity index (χ3v) is 8.20. The molecule has 2 aromatic rings. The van der Waals surface area contributed by atoms with Gasteiger partial charge in [-0.2, -0.15) is 0 Å². The molecular formula is C27H32O3. The minimum Gasteiger partial charge on any atom is -0.423 e. The zero-order valence-electron chi connectivity index (χ0n) is 18.1. The van der Waals surface area contributed by atoms with Gasteiger partial charge in [0.05, 0.1) is 11.7 Å². The first-order valence-corrected chi connectivity index (χ1v) is 11.6. The Labute approximate surface area is 179 Å². The van der Waals surface area contributed by atoms with Crippen LogP contribution in [0.1, 0.15) is 73.4 Å². The molecule has 3 aliphatic carbocycles. The Morgan fingerprint density at radius 2 is 1.90 bits per heavy atom. The van der Waals surface area contributed by atoms with Crippen LogP contribution in [-0.2, 0) is 11.2 Å². The smallest absolute Gasteiger partial charge is 0.343 e. The molecule has 0 aliphatic heterocycles. The van der Waals surface area contributed by atoms with Gasteiger partial charge in [0.1, 0.15) is 5.75 Å². The van der Waals surface area contributed by atoms with Gasteiger partial charge in [-0.25, -0.2) is 4.79 Å². The summed E-state index contributed by atoms with van der Waals surface area (Å²) in [6.07, 6.45) is 7.80. The van der Waals surface area contributed by atoms with Crippen LogP contribution < -0.4 is 4.74 Å². The lowest BCUT2D eigenvalue weighted by Crippen LogP contribution is -2.44. The minimum absolute atomic E-state index is 0.286. The van der Waals surface area contributed by atoms with Crippen molar-refractivity contribution in [2.24, 2.45) is 17.3 Å². The Balaban J connectivity index is 1.35. The molecular weight excluding hydrogens is 372 g/mol. The zero-order valence-corrected chi connectivity index (χ0v) is 18.1. The highest BCUT2D eigenvalue weighted by Crippen LogP contribution is 2.61. The van der Waals surface area contributed by atoms with E-state index in [0.717, 1.165) is 24.9 Å². The maximum Gasteiger partial charge on any atom is 0.343 e. The summed E-state index contributed by atoms with van der Waals surface area (Å²) in [4.78, 5) is 12.4. The molecule has 0 radical (unpaired) electrons. The van der Waals surface area contributed by atoms with Crippen LogP contribution in [0.15, 0.2) is 48.5 Å². The van der Waals surface area contributed by atoms with Gasteiger partial charge in [0.25, 0.3) is 0 Å². The summed E-state index contributed by atoms with van der Waals surface area (Å²) in [7, 11) is 0. The molecule has 5 rings (SSSR count). The monoisotopic (exact) mass is 404 g/mol. The van der Waals surface area contributed by atoms with E-state index in [1.165, 1.54) is 43.2 Å². The quantitative estimate of drug-likeness (QED) is 0.452. The van der Waals surface area contributed by atoms with Gasteiger partial charge in [-0.15, -0.1) is 0 Å². The van der Waals surface area contributed by atoms with Crippen LogP contribution in [0, 0.1) is 17.3 Å². The van der Waals surface area contributed by atoms with Gasteiger partial charge < -0.3 is 9.47 Å². The van der Waals surface area contributed by atoms with Crippen LogP contribution in [0.2, 0.25) is 0 Å². The Morgan fingerprint density at radius 3 is 2.70 bits per heavy atom. The van der Waals surface area contributed by atoms with E-state index in [2.05, 4.69) is 26.0 Å². The summed E-state index contributed by atoms with van der Waals surface area (Å²) in [6, 6.07) is 15.5. The van der Waals surface area contributed by atoms with Crippen LogP contribution in [0.3, 0.4) is 0 Å². The molecule has 0 saturated heterocycles. The highest BCUT2D eigenvalue weighted by Gasteiger charge is 2.55. The van der Waals surface area contributed by atoms with Crippen LogP contribution >= 0.6 is 0 Å². The van der Waals surface area contributed by atoms with E-state index in [1.807, 2.05) is 24.3 Å². The molecule has 0 heterocycles. The Morgan fingerprint density at radius 1 is 1.07 bits per heavy atom. The Bertz CT molecular complexity index is 921. The van der Waals surface area contributed by atoms with E-state index in [-0.39, 0.29) is 5.97 Å². The molecule has 0 amide bonds. The number of carbonyl (C=O) groups is 1. The fourth-order valence-electron chi connectivity index (χ4n) is 6.79. The predicted molar refractivity (Wildman–Crippen MR) is 118 cm³/mol. The molecule has 3 nitrogen and oxygen atoms in total. The average molecular weight is 405 g/mol. The second-order valence-corrected chi connectivity index (χ2v) is 9.60. The second-order valence-electron chi connectivity index (χ2n) is 9.60. The highest BCUT2D eigenvalue weighted by molar-refractivity contribution is 5.91. The van der Waals surface area contributed by atoms with Crippen molar-refractivity contribution in [3.63, 3.8) is 0 Å². The number of benzene rings is 2. The lowest BCUT2D eigenvalue weighted by atomic mass is 9.55. The fourth-order valence-corrected chi connectivity index (χ4v) is 6.79. The molecule has 158 valence electrons. The summed E-state index contributed by atoms with van der Waals surface area (Å²) >= 11 is 0. The maximum atomic E-state index is 12.4. The third kappa shape index (κ3) is 3.28. The molecule has 0 bridgehead atoms. The van der Waals surface area contributed by atoms with Crippen molar-refractivity contribution in [2.75, 3.05) is 6.61 Å². The molecule has 5 atom stereocenters. The van der Waals surface area contributed by atoms with Gasteiger partial charge >= 0.3 is 5.97 Å². The molecule has 3 heteroatoms. The molecule has 2 fully saturated rings. The minimum atomic E-state index is -0.286. The average Bonchev–Trinajstić information content (AvgIpc) is 3.10. The molecule has 3 aliphatic rings. The molecule has 0 N–H and O–H groups in total. The fraction of sp³-hybridized carbons (Fsp3) is 0.519. The first kappa shape index (κ1) is 19.8. The van der Waals surface area contributed by atoms with Gasteiger partial charge in [0.2, 0.25) is 0 Å². The number of carbonyl (C=O) groups excluding carboxylic acids is 1. The van der Waals surface area contributed by atoms with Gasteiger partial charge in [0.15, 0.2) is 0 Å². The van der Waals surface area contributed by atoms with Crippen molar-refractivity contribution in [3.05, 3.63) is 65.2 Å². The van der Waals surface area contributed by atoms with Crippen molar-refractivity contribution in [1.29, 1.82) is 0 Å². The van der Waals surface area contributed by atoms with Crippen LogP contribution in [0.5, 0.6) is 5.75 Å². The number of fused-ring (bicyclic) bond motifs is 5. The van der Waals surface area contributed by atoms with Crippen LogP contribution in [0.4, 0.5) is 0 Å². The van der Waals surface area contributed by atoms with Crippen molar-refractivity contribution < 1.29 is 14.3 Å². The molecule has 30 heavy (non-hydrogen) atoms. The number of esters is 1. The molecule has 2 aromatic carbocycles. The molecule has 0 spiro atoms.